The first-order chi connectivity index (χ1) is 8.10. The average Bonchev–Trinajstić information content (AvgIpc) is 2.31. The molecule has 0 atom stereocenters. The summed E-state index contributed by atoms with van der Waals surface area (Å²) in [6, 6.07) is 7.06. The molecule has 1 aromatic carbocycles. The maximum absolute atomic E-state index is 11.5. The van der Waals surface area contributed by atoms with Crippen LogP contribution >= 0.6 is 0 Å². The Kier molecular flexibility index (Phi) is 2.82. The predicted molar refractivity (Wildman–Crippen MR) is 65.3 cm³/mol. The molecule has 0 saturated heterocycles. The van der Waals surface area contributed by atoms with Gasteiger partial charge in [-0.05, 0) is 30.5 Å². The number of rotatable bonds is 1. The highest BCUT2D eigenvalue weighted by molar-refractivity contribution is 5.89. The number of methoxy groups -OCH3 is 1. The fourth-order valence-electron chi connectivity index (χ4n) is 1.56. The van der Waals surface area contributed by atoms with E-state index < -0.39 is 6.09 Å². The van der Waals surface area contributed by atoms with Gasteiger partial charge in [0.05, 0.1) is 12.6 Å². The number of aryl methyl sites for hydroxylation is 1. The van der Waals surface area contributed by atoms with Crippen LogP contribution in [0.15, 0.2) is 29.1 Å². The third-order valence-electron chi connectivity index (χ3n) is 2.46. The van der Waals surface area contributed by atoms with Gasteiger partial charge in [0.2, 0.25) is 0 Å². The SMILES string of the molecule is COC(=O)Nc1ccc2cc(C)c(=O)[nH]c2c1. The van der Waals surface area contributed by atoms with Crippen molar-refractivity contribution in [2.24, 2.45) is 0 Å². The lowest BCUT2D eigenvalue weighted by molar-refractivity contribution is 0.187. The number of aromatic amines is 1. The Morgan fingerprint density at radius 3 is 2.82 bits per heavy atom. The number of hydrogen-bond acceptors (Lipinski definition) is 3. The number of fused-ring (bicyclic) bond motifs is 1. The molecule has 17 heavy (non-hydrogen) atoms. The zero-order valence-electron chi connectivity index (χ0n) is 9.53. The van der Waals surface area contributed by atoms with Crippen LogP contribution in [-0.4, -0.2) is 18.2 Å². The van der Waals surface area contributed by atoms with Crippen LogP contribution in [0.2, 0.25) is 0 Å². The van der Waals surface area contributed by atoms with Crippen molar-refractivity contribution in [2.45, 2.75) is 6.92 Å². The number of anilines is 1. The van der Waals surface area contributed by atoms with Crippen molar-refractivity contribution in [1.82, 2.24) is 4.98 Å². The standard InChI is InChI=1S/C12H12N2O3/c1-7-5-8-3-4-9(13-12(16)17-2)6-10(8)14-11(7)15/h3-6H,1-2H3,(H,13,16)(H,14,15). The number of hydrogen-bond donors (Lipinski definition) is 2. The highest BCUT2D eigenvalue weighted by atomic mass is 16.5. The lowest BCUT2D eigenvalue weighted by Crippen LogP contribution is -2.12. The minimum absolute atomic E-state index is 0.132. The Hall–Kier alpha value is -2.30. The van der Waals surface area contributed by atoms with Crippen LogP contribution < -0.4 is 10.9 Å². The molecule has 0 radical (unpaired) electrons. The van der Waals surface area contributed by atoms with Crippen molar-refractivity contribution in [2.75, 3.05) is 12.4 Å². The maximum Gasteiger partial charge on any atom is 0.411 e. The van der Waals surface area contributed by atoms with Crippen LogP contribution in [0.4, 0.5) is 10.5 Å². The Morgan fingerprint density at radius 2 is 2.12 bits per heavy atom. The number of nitrogens with one attached hydrogen (secondary N) is 2. The van der Waals surface area contributed by atoms with Crippen molar-refractivity contribution in [3.8, 4) is 0 Å². The Bertz CT molecular complexity index is 631. The average molecular weight is 232 g/mol. The van der Waals surface area contributed by atoms with Gasteiger partial charge in [0.15, 0.2) is 0 Å². The normalized spacial score (nSPS) is 10.2. The lowest BCUT2D eigenvalue weighted by atomic mass is 10.1. The molecule has 5 nitrogen and oxygen atoms in total. The molecule has 0 fully saturated rings. The molecule has 0 aliphatic heterocycles. The second kappa shape index (κ2) is 4.29. The fourth-order valence-corrected chi connectivity index (χ4v) is 1.56. The highest BCUT2D eigenvalue weighted by Crippen LogP contribution is 2.16. The molecule has 0 aliphatic rings. The van der Waals surface area contributed by atoms with E-state index in [1.54, 1.807) is 25.1 Å². The van der Waals surface area contributed by atoms with E-state index in [1.807, 2.05) is 6.07 Å². The van der Waals surface area contributed by atoms with Gasteiger partial charge in [0, 0.05) is 11.3 Å². The predicted octanol–water partition coefficient (Wildman–Crippen LogP) is 2.01. The summed E-state index contributed by atoms with van der Waals surface area (Å²) in [7, 11) is 1.29. The molecule has 0 aliphatic carbocycles. The second-order valence-electron chi connectivity index (χ2n) is 3.70. The van der Waals surface area contributed by atoms with Gasteiger partial charge in [-0.15, -0.1) is 0 Å². The number of ether oxygens (including phenoxy) is 1. The molecule has 0 saturated carbocycles. The number of benzene rings is 1. The maximum atomic E-state index is 11.5. The van der Waals surface area contributed by atoms with Crippen molar-refractivity contribution >= 4 is 22.7 Å². The first-order valence-electron chi connectivity index (χ1n) is 5.09. The molecule has 2 aromatic rings. The number of carbonyl (C=O) groups is 1. The van der Waals surface area contributed by atoms with E-state index in [1.165, 1.54) is 7.11 Å². The summed E-state index contributed by atoms with van der Waals surface area (Å²) in [4.78, 5) is 25.2. The summed E-state index contributed by atoms with van der Waals surface area (Å²) >= 11 is 0. The van der Waals surface area contributed by atoms with Crippen LogP contribution in [0.3, 0.4) is 0 Å². The van der Waals surface area contributed by atoms with E-state index in [2.05, 4.69) is 15.0 Å². The number of H-pyrrole nitrogens is 1. The Labute approximate surface area is 97.4 Å². The van der Waals surface area contributed by atoms with E-state index in [0.717, 1.165) is 5.39 Å². The van der Waals surface area contributed by atoms with Crippen LogP contribution in [0.5, 0.6) is 0 Å². The zero-order chi connectivity index (χ0) is 12.4. The molecule has 1 aromatic heterocycles. The lowest BCUT2D eigenvalue weighted by Gasteiger charge is -2.05. The second-order valence-corrected chi connectivity index (χ2v) is 3.70. The molecule has 2 N–H and O–H groups in total. The van der Waals surface area contributed by atoms with Crippen LogP contribution in [0.1, 0.15) is 5.56 Å². The third kappa shape index (κ3) is 2.28. The van der Waals surface area contributed by atoms with Crippen LogP contribution in [0, 0.1) is 6.92 Å². The molecule has 1 heterocycles. The molecule has 5 heteroatoms. The number of amides is 1. The molecular formula is C12H12N2O3. The van der Waals surface area contributed by atoms with Gasteiger partial charge in [-0.3, -0.25) is 10.1 Å². The monoisotopic (exact) mass is 232 g/mol. The largest absolute Gasteiger partial charge is 0.453 e. The van der Waals surface area contributed by atoms with E-state index in [9.17, 15) is 9.59 Å². The minimum Gasteiger partial charge on any atom is -0.453 e. The third-order valence-corrected chi connectivity index (χ3v) is 2.46. The van der Waals surface area contributed by atoms with E-state index in [-0.39, 0.29) is 5.56 Å². The molecule has 0 bridgehead atoms. The van der Waals surface area contributed by atoms with E-state index in [0.29, 0.717) is 16.8 Å². The van der Waals surface area contributed by atoms with Crippen molar-refractivity contribution in [3.63, 3.8) is 0 Å². The summed E-state index contributed by atoms with van der Waals surface area (Å²) in [5.74, 6) is 0. The van der Waals surface area contributed by atoms with Crippen LogP contribution in [0.25, 0.3) is 10.9 Å². The van der Waals surface area contributed by atoms with Gasteiger partial charge in [-0.2, -0.15) is 0 Å². The van der Waals surface area contributed by atoms with E-state index >= 15 is 0 Å². The summed E-state index contributed by atoms with van der Waals surface area (Å²) in [6.45, 7) is 1.75. The summed E-state index contributed by atoms with van der Waals surface area (Å²) in [6.07, 6.45) is -0.543. The summed E-state index contributed by atoms with van der Waals surface area (Å²) < 4.78 is 4.49. The molecule has 1 amide bonds. The van der Waals surface area contributed by atoms with Gasteiger partial charge >= 0.3 is 6.09 Å². The first kappa shape index (κ1) is 11.2. The molecule has 2 rings (SSSR count). The smallest absolute Gasteiger partial charge is 0.411 e. The summed E-state index contributed by atoms with van der Waals surface area (Å²) in [5, 5.41) is 3.45. The van der Waals surface area contributed by atoms with Crippen molar-refractivity contribution in [1.29, 1.82) is 0 Å². The van der Waals surface area contributed by atoms with Crippen molar-refractivity contribution < 1.29 is 9.53 Å². The Balaban J connectivity index is 2.47. The van der Waals surface area contributed by atoms with Crippen molar-refractivity contribution in [3.05, 3.63) is 40.2 Å². The number of aromatic nitrogens is 1. The highest BCUT2D eigenvalue weighted by Gasteiger charge is 2.03. The topological polar surface area (TPSA) is 71.2 Å². The Morgan fingerprint density at radius 1 is 1.35 bits per heavy atom. The quantitative estimate of drug-likeness (QED) is 0.790. The number of pyridine rings is 1. The number of carbonyl (C=O) groups excluding carboxylic acids is 1. The summed E-state index contributed by atoms with van der Waals surface area (Å²) in [5.41, 5.74) is 1.78. The first-order valence-corrected chi connectivity index (χ1v) is 5.09. The van der Waals surface area contributed by atoms with Gasteiger partial charge in [0.1, 0.15) is 0 Å². The van der Waals surface area contributed by atoms with Gasteiger partial charge in [-0.1, -0.05) is 6.07 Å². The fraction of sp³-hybridized carbons (Fsp3) is 0.167. The van der Waals surface area contributed by atoms with Crippen LogP contribution in [-0.2, 0) is 4.74 Å². The van der Waals surface area contributed by atoms with Gasteiger partial charge in [-0.25, -0.2) is 4.79 Å². The van der Waals surface area contributed by atoms with Gasteiger partial charge in [0.25, 0.3) is 5.56 Å². The molecule has 0 spiro atoms. The zero-order valence-corrected chi connectivity index (χ0v) is 9.53. The molecule has 88 valence electrons. The minimum atomic E-state index is -0.543. The molecule has 0 unspecified atom stereocenters. The van der Waals surface area contributed by atoms with E-state index in [4.69, 9.17) is 0 Å². The van der Waals surface area contributed by atoms with Gasteiger partial charge < -0.3 is 9.72 Å². The molecular weight excluding hydrogens is 220 g/mol.